The molecule has 17 nitrogen and oxygen atoms in total. The average Bonchev–Trinajstić information content (AvgIpc) is 0.939. The van der Waals surface area contributed by atoms with Gasteiger partial charge < -0.3 is 33.8 Å². The van der Waals surface area contributed by atoms with Gasteiger partial charge in [0, 0.05) is 25.7 Å². The number of rotatable bonds is 75. The molecule has 5 atom stereocenters. The fourth-order valence-electron chi connectivity index (χ4n) is 10.5. The Bertz CT molecular complexity index is 2490. The van der Waals surface area contributed by atoms with Crippen LogP contribution in [0.3, 0.4) is 0 Å². The molecule has 0 rings (SSSR count). The maximum atomic E-state index is 13.1. The molecular formula is C85H144O17P2. The molecule has 0 bridgehead atoms. The third-order valence-electron chi connectivity index (χ3n) is 16.6. The summed E-state index contributed by atoms with van der Waals surface area (Å²) in [6, 6.07) is 0. The Morgan fingerprint density at radius 1 is 0.279 bits per heavy atom. The van der Waals surface area contributed by atoms with Crippen LogP contribution in [0, 0.1) is 0 Å². The lowest BCUT2D eigenvalue weighted by molar-refractivity contribution is -0.161. The van der Waals surface area contributed by atoms with E-state index in [4.69, 9.17) is 37.0 Å². The minimum Gasteiger partial charge on any atom is -0.462 e. The Hall–Kier alpha value is -4.80. The second-order valence-corrected chi connectivity index (χ2v) is 29.5. The van der Waals surface area contributed by atoms with Crippen LogP contribution in [0.25, 0.3) is 0 Å². The van der Waals surface area contributed by atoms with Crippen molar-refractivity contribution in [3.63, 3.8) is 0 Å². The Morgan fingerprint density at radius 2 is 0.510 bits per heavy atom. The van der Waals surface area contributed by atoms with E-state index in [1.54, 1.807) is 0 Å². The number of phosphoric ester groups is 2. The Kier molecular flexibility index (Phi) is 72.9. The van der Waals surface area contributed by atoms with Gasteiger partial charge in [0.2, 0.25) is 0 Å². The molecule has 5 unspecified atom stereocenters. The maximum absolute atomic E-state index is 13.1. The summed E-state index contributed by atoms with van der Waals surface area (Å²) in [5.41, 5.74) is 0. The average molecular weight is 1500 g/mol. The van der Waals surface area contributed by atoms with Gasteiger partial charge in [-0.3, -0.25) is 37.3 Å². The highest BCUT2D eigenvalue weighted by Gasteiger charge is 2.30. The molecule has 0 aromatic carbocycles. The lowest BCUT2D eigenvalue weighted by Crippen LogP contribution is -2.30. The first-order valence-corrected chi connectivity index (χ1v) is 43.4. The predicted molar refractivity (Wildman–Crippen MR) is 427 cm³/mol. The van der Waals surface area contributed by atoms with Gasteiger partial charge in [-0.05, 0) is 135 Å². The predicted octanol–water partition coefficient (Wildman–Crippen LogP) is 23.7. The van der Waals surface area contributed by atoms with Crippen LogP contribution in [0.1, 0.15) is 323 Å². The highest BCUT2D eigenvalue weighted by molar-refractivity contribution is 7.47. The SMILES string of the molecule is CC/C=C\C/C=C\C/C=C\C/C=C\C/C=C\CCCC(=O)OCC(COP(=O)(O)OCC(O)COP(=O)(O)OCC(COC(=O)CCCCCCCC/C=C\C/C=C\C/C=C\C/C=C\CC)OC(=O)CCCCCCCCCCCCCCC)OC(=O)CCCCCCC/C=C\C/C=C\CCCCC. The number of carbonyl (C=O) groups excluding carboxylic acids is 4. The van der Waals surface area contributed by atoms with E-state index < -0.39 is 97.5 Å². The number of hydrogen-bond acceptors (Lipinski definition) is 15. The van der Waals surface area contributed by atoms with E-state index in [0.29, 0.717) is 32.1 Å². The van der Waals surface area contributed by atoms with E-state index in [1.165, 1.54) is 70.6 Å². The fourth-order valence-corrected chi connectivity index (χ4v) is 12.1. The minimum absolute atomic E-state index is 0.0642. The summed E-state index contributed by atoms with van der Waals surface area (Å²) < 4.78 is 68.6. The first-order valence-electron chi connectivity index (χ1n) is 40.4. The van der Waals surface area contributed by atoms with Gasteiger partial charge in [0.25, 0.3) is 0 Å². The number of carbonyl (C=O) groups is 4. The molecule has 0 aromatic rings. The van der Waals surface area contributed by atoms with Crippen LogP contribution in [0.5, 0.6) is 0 Å². The second-order valence-electron chi connectivity index (χ2n) is 26.6. The zero-order chi connectivity index (χ0) is 76.0. The summed E-state index contributed by atoms with van der Waals surface area (Å²) in [4.78, 5) is 73.0. The van der Waals surface area contributed by atoms with Crippen molar-refractivity contribution in [2.75, 3.05) is 39.6 Å². The molecular weight excluding hydrogens is 1350 g/mol. The molecule has 596 valence electrons. The van der Waals surface area contributed by atoms with E-state index in [9.17, 15) is 43.2 Å². The van der Waals surface area contributed by atoms with E-state index in [2.05, 4.69) is 149 Å². The second kappa shape index (κ2) is 76.4. The molecule has 0 radical (unpaired) electrons. The molecule has 0 saturated carbocycles. The zero-order valence-electron chi connectivity index (χ0n) is 65.2. The van der Waals surface area contributed by atoms with Crippen LogP contribution in [0.4, 0.5) is 0 Å². The molecule has 0 aliphatic heterocycles. The van der Waals surface area contributed by atoms with Gasteiger partial charge in [-0.25, -0.2) is 9.13 Å². The van der Waals surface area contributed by atoms with E-state index in [0.717, 1.165) is 167 Å². The normalized spacial score (nSPS) is 14.6. The Balaban J connectivity index is 5.41. The quantitative estimate of drug-likeness (QED) is 0.0169. The molecule has 0 heterocycles. The monoisotopic (exact) mass is 1500 g/mol. The highest BCUT2D eigenvalue weighted by Crippen LogP contribution is 2.45. The van der Waals surface area contributed by atoms with Gasteiger partial charge in [0.1, 0.15) is 19.3 Å². The molecule has 0 spiro atoms. The van der Waals surface area contributed by atoms with Crippen molar-refractivity contribution >= 4 is 39.5 Å². The van der Waals surface area contributed by atoms with E-state index >= 15 is 0 Å². The van der Waals surface area contributed by atoms with Gasteiger partial charge in [-0.2, -0.15) is 0 Å². The molecule has 3 N–H and O–H groups in total. The van der Waals surface area contributed by atoms with Crippen molar-refractivity contribution in [2.24, 2.45) is 0 Å². The van der Waals surface area contributed by atoms with Gasteiger partial charge in [-0.15, -0.1) is 0 Å². The van der Waals surface area contributed by atoms with Crippen LogP contribution in [0.2, 0.25) is 0 Å². The molecule has 0 saturated heterocycles. The third kappa shape index (κ3) is 75.4. The van der Waals surface area contributed by atoms with Gasteiger partial charge >= 0.3 is 39.5 Å². The minimum atomic E-state index is -5.00. The highest BCUT2D eigenvalue weighted by atomic mass is 31.2. The smallest absolute Gasteiger partial charge is 0.462 e. The van der Waals surface area contributed by atoms with Gasteiger partial charge in [0.15, 0.2) is 12.2 Å². The molecule has 0 aliphatic carbocycles. The van der Waals surface area contributed by atoms with Crippen LogP contribution in [-0.2, 0) is 65.4 Å². The lowest BCUT2D eigenvalue weighted by atomic mass is 10.0. The number of phosphoric acid groups is 2. The maximum Gasteiger partial charge on any atom is 0.472 e. The summed E-state index contributed by atoms with van der Waals surface area (Å²) in [6.07, 6.45) is 85.7. The Morgan fingerprint density at radius 3 is 0.827 bits per heavy atom. The first-order chi connectivity index (χ1) is 50.7. The molecule has 104 heavy (non-hydrogen) atoms. The molecule has 19 heteroatoms. The molecule has 0 fully saturated rings. The molecule has 0 amide bonds. The van der Waals surface area contributed by atoms with Crippen LogP contribution in [0.15, 0.2) is 134 Å². The van der Waals surface area contributed by atoms with Gasteiger partial charge in [-0.1, -0.05) is 296 Å². The van der Waals surface area contributed by atoms with Crippen LogP contribution in [-0.4, -0.2) is 96.7 Å². The summed E-state index contributed by atoms with van der Waals surface area (Å²) in [7, 11) is -9.98. The van der Waals surface area contributed by atoms with E-state index in [-0.39, 0.29) is 25.7 Å². The molecule has 0 aromatic heterocycles. The van der Waals surface area contributed by atoms with Crippen molar-refractivity contribution in [3.8, 4) is 0 Å². The fraction of sp³-hybridized carbons (Fsp3) is 0.694. The molecule has 0 aliphatic rings. The lowest BCUT2D eigenvalue weighted by Gasteiger charge is -2.21. The van der Waals surface area contributed by atoms with Crippen molar-refractivity contribution in [1.82, 2.24) is 0 Å². The number of aliphatic hydroxyl groups is 1. The Labute approximate surface area is 631 Å². The topological polar surface area (TPSA) is 237 Å². The zero-order valence-corrected chi connectivity index (χ0v) is 66.9. The van der Waals surface area contributed by atoms with E-state index in [1.807, 2.05) is 12.2 Å². The van der Waals surface area contributed by atoms with Crippen molar-refractivity contribution < 1.29 is 80.2 Å². The number of unbranched alkanes of at least 4 members (excludes halogenated alkanes) is 27. The number of esters is 4. The summed E-state index contributed by atoms with van der Waals surface area (Å²) >= 11 is 0. The standard InChI is InChI=1S/C85H144O17P2/c1-5-9-13-17-21-25-29-33-36-38-39-41-44-47-50-54-58-62-66-70-83(88)95-75-80(101-84(89)71-67-63-59-55-51-45-32-28-24-20-16-12-8-4)77-99-103(91,92)97-73-79(86)74-98-104(93,94)100-78-81(102-85(90)72-68-64-60-56-52-48-42-35-31-27-23-19-15-11-7-3)76-96-82(87)69-65-61-57-53-49-46-43-40-37-34-30-26-22-18-14-10-6-2/h9-10,13-14,21-23,25-27,33-37,39,41-43,46,53,57,79-81,86H,5-8,11-12,15-20,24,28-32,38,40,44-45,47-52,54-56,58-78H2,1-4H3,(H,91,92)(H,93,94)/b13-9-,14-10-,25-21-,26-22-,27-23-,36-33-,37-34-,41-39-,42-35-,46-43-,57-53-. The summed E-state index contributed by atoms with van der Waals surface area (Å²) in [6.45, 7) is 4.55. The summed E-state index contributed by atoms with van der Waals surface area (Å²) in [5, 5.41) is 10.6. The number of ether oxygens (including phenoxy) is 4. The third-order valence-corrected chi connectivity index (χ3v) is 18.5. The number of aliphatic hydroxyl groups excluding tert-OH is 1. The van der Waals surface area contributed by atoms with Crippen LogP contribution < -0.4 is 0 Å². The largest absolute Gasteiger partial charge is 0.472 e. The van der Waals surface area contributed by atoms with Crippen molar-refractivity contribution in [3.05, 3.63) is 134 Å². The van der Waals surface area contributed by atoms with Crippen molar-refractivity contribution in [1.29, 1.82) is 0 Å². The number of hydrogen-bond donors (Lipinski definition) is 3. The number of allylic oxidation sites excluding steroid dienone is 22. The van der Waals surface area contributed by atoms with Crippen molar-refractivity contribution in [2.45, 2.75) is 341 Å². The first kappa shape index (κ1) is 99.2. The van der Waals surface area contributed by atoms with Gasteiger partial charge in [0.05, 0.1) is 26.4 Å². The summed E-state index contributed by atoms with van der Waals surface area (Å²) in [5.74, 6) is -2.27. The van der Waals surface area contributed by atoms with Crippen LogP contribution >= 0.6 is 15.6 Å².